The van der Waals surface area contributed by atoms with E-state index in [4.69, 9.17) is 5.73 Å². The molecular formula is C21H35NO. The Labute approximate surface area is 141 Å². The number of hydrogen-bond donors (Lipinski definition) is 2. The Morgan fingerprint density at radius 1 is 1.00 bits per heavy atom. The van der Waals surface area contributed by atoms with Crippen molar-refractivity contribution in [2.45, 2.75) is 84.8 Å². The molecule has 0 aromatic rings. The first-order valence-electron chi connectivity index (χ1n) is 9.86. The second kappa shape index (κ2) is 4.85. The molecule has 2 heteroatoms. The number of hydrogen-bond acceptors (Lipinski definition) is 2. The molecule has 1 unspecified atom stereocenters. The van der Waals surface area contributed by atoms with Crippen LogP contribution in [0.4, 0.5) is 0 Å². The highest BCUT2D eigenvalue weighted by atomic mass is 16.3. The summed E-state index contributed by atoms with van der Waals surface area (Å²) in [5.74, 6) is 2.31. The van der Waals surface area contributed by atoms with Crippen LogP contribution < -0.4 is 5.73 Å². The molecule has 0 spiro atoms. The first kappa shape index (κ1) is 16.1. The Morgan fingerprint density at radius 2 is 1.74 bits per heavy atom. The molecule has 0 aliphatic heterocycles. The van der Waals surface area contributed by atoms with Crippen molar-refractivity contribution in [2.75, 3.05) is 0 Å². The average molecular weight is 318 g/mol. The molecule has 0 amide bonds. The number of aliphatic hydroxyl groups excluding tert-OH is 1. The van der Waals surface area contributed by atoms with Gasteiger partial charge in [-0.2, -0.15) is 0 Å². The normalized spacial score (nSPS) is 54.7. The molecule has 0 aromatic heterocycles. The van der Waals surface area contributed by atoms with Crippen LogP contribution in [-0.4, -0.2) is 17.3 Å². The third-order valence-electron chi connectivity index (χ3n) is 9.01. The van der Waals surface area contributed by atoms with E-state index in [0.29, 0.717) is 11.5 Å². The molecule has 3 fully saturated rings. The molecule has 3 saturated carbocycles. The van der Waals surface area contributed by atoms with Crippen LogP contribution in [0.15, 0.2) is 11.6 Å². The molecule has 23 heavy (non-hydrogen) atoms. The van der Waals surface area contributed by atoms with Crippen LogP contribution in [0.2, 0.25) is 0 Å². The van der Waals surface area contributed by atoms with E-state index in [-0.39, 0.29) is 16.9 Å². The van der Waals surface area contributed by atoms with Crippen molar-refractivity contribution in [3.63, 3.8) is 0 Å². The molecule has 4 rings (SSSR count). The van der Waals surface area contributed by atoms with Gasteiger partial charge in [0.05, 0.1) is 6.10 Å². The number of aliphatic hydroxyl groups is 1. The first-order chi connectivity index (χ1) is 10.7. The average Bonchev–Trinajstić information content (AvgIpc) is 2.79. The summed E-state index contributed by atoms with van der Waals surface area (Å²) in [6.07, 6.45) is 10.9. The summed E-state index contributed by atoms with van der Waals surface area (Å²) in [5, 5.41) is 10.6. The lowest BCUT2D eigenvalue weighted by molar-refractivity contribution is -0.0736. The molecule has 0 radical (unpaired) electrons. The van der Waals surface area contributed by atoms with Crippen LogP contribution >= 0.6 is 0 Å². The van der Waals surface area contributed by atoms with Crippen molar-refractivity contribution < 1.29 is 5.11 Å². The van der Waals surface area contributed by atoms with E-state index in [0.717, 1.165) is 30.6 Å². The van der Waals surface area contributed by atoms with E-state index in [1.807, 2.05) is 0 Å². The second-order valence-corrected chi connectivity index (χ2v) is 10.2. The lowest BCUT2D eigenvalue weighted by Gasteiger charge is -2.61. The van der Waals surface area contributed by atoms with Crippen LogP contribution in [0.25, 0.3) is 0 Å². The zero-order valence-electron chi connectivity index (χ0n) is 15.4. The number of allylic oxidation sites excluding steroid dienone is 1. The van der Waals surface area contributed by atoms with E-state index in [2.05, 4.69) is 33.8 Å². The number of nitrogens with two attached hydrogens (primary N) is 1. The molecule has 0 saturated heterocycles. The van der Waals surface area contributed by atoms with Crippen LogP contribution in [0.1, 0.15) is 72.6 Å². The highest BCUT2D eigenvalue weighted by Crippen LogP contribution is 2.66. The Bertz CT molecular complexity index is 538. The minimum Gasteiger partial charge on any atom is -0.393 e. The van der Waals surface area contributed by atoms with Crippen molar-refractivity contribution in [3.05, 3.63) is 11.6 Å². The second-order valence-electron chi connectivity index (χ2n) is 10.2. The SMILES string of the molecule is CC1(C)C2=CC[C@@H]3[C@H](CC[C@]4(C)C(O)CC[C@@H]34)[C@@]2(C)CC[C@@H]1N. The maximum atomic E-state index is 10.6. The minimum absolute atomic E-state index is 0.0668. The van der Waals surface area contributed by atoms with Gasteiger partial charge in [-0.1, -0.05) is 39.3 Å². The van der Waals surface area contributed by atoms with E-state index in [1.165, 1.54) is 32.1 Å². The molecule has 0 heterocycles. The largest absolute Gasteiger partial charge is 0.393 e. The fraction of sp³-hybridized carbons (Fsp3) is 0.905. The van der Waals surface area contributed by atoms with Crippen LogP contribution in [0.3, 0.4) is 0 Å². The van der Waals surface area contributed by atoms with Gasteiger partial charge in [0, 0.05) is 11.5 Å². The fourth-order valence-corrected chi connectivity index (χ4v) is 7.40. The van der Waals surface area contributed by atoms with Crippen molar-refractivity contribution >= 4 is 0 Å². The monoisotopic (exact) mass is 317 g/mol. The van der Waals surface area contributed by atoms with Gasteiger partial charge in [-0.15, -0.1) is 0 Å². The fourth-order valence-electron chi connectivity index (χ4n) is 7.40. The van der Waals surface area contributed by atoms with E-state index in [9.17, 15) is 5.11 Å². The van der Waals surface area contributed by atoms with Gasteiger partial charge in [0.15, 0.2) is 0 Å². The summed E-state index contributed by atoms with van der Waals surface area (Å²) in [4.78, 5) is 0. The number of rotatable bonds is 0. The lowest BCUT2D eigenvalue weighted by Crippen LogP contribution is -2.56. The zero-order valence-corrected chi connectivity index (χ0v) is 15.4. The van der Waals surface area contributed by atoms with Gasteiger partial charge >= 0.3 is 0 Å². The summed E-state index contributed by atoms with van der Waals surface area (Å²) in [6, 6.07) is 0.306. The Balaban J connectivity index is 1.73. The maximum absolute atomic E-state index is 10.6. The number of fused-ring (bicyclic) bond motifs is 5. The van der Waals surface area contributed by atoms with Crippen LogP contribution in [0, 0.1) is 34.0 Å². The molecule has 130 valence electrons. The van der Waals surface area contributed by atoms with Gasteiger partial charge in [0.2, 0.25) is 0 Å². The predicted molar refractivity (Wildman–Crippen MR) is 94.8 cm³/mol. The topological polar surface area (TPSA) is 46.2 Å². The molecule has 0 aromatic carbocycles. The summed E-state index contributed by atoms with van der Waals surface area (Å²) >= 11 is 0. The van der Waals surface area contributed by atoms with Crippen molar-refractivity contribution in [3.8, 4) is 0 Å². The minimum atomic E-state index is -0.0668. The molecule has 7 atom stereocenters. The Kier molecular flexibility index (Phi) is 3.40. The lowest BCUT2D eigenvalue weighted by atomic mass is 9.44. The maximum Gasteiger partial charge on any atom is 0.0596 e. The van der Waals surface area contributed by atoms with Crippen molar-refractivity contribution in [1.29, 1.82) is 0 Å². The van der Waals surface area contributed by atoms with Crippen molar-refractivity contribution in [2.24, 2.45) is 39.7 Å². The van der Waals surface area contributed by atoms with Gasteiger partial charge in [0.1, 0.15) is 0 Å². The first-order valence-corrected chi connectivity index (χ1v) is 9.86. The predicted octanol–water partition coefficient (Wildman–Crippen LogP) is 4.27. The standard InChI is InChI=1S/C21H35NO/c1-19(2)16-7-5-13-14-6-8-18(23)21(14,4)11-9-15(13)20(16,3)12-10-17(19)22/h7,13-15,17-18,23H,5-6,8-12,22H2,1-4H3/t13-,14-,15-,17-,18?,20+,21-/m0/s1. The zero-order chi connectivity index (χ0) is 16.6. The smallest absolute Gasteiger partial charge is 0.0596 e. The molecule has 2 nitrogen and oxygen atoms in total. The quantitative estimate of drug-likeness (QED) is 0.655. The summed E-state index contributed by atoms with van der Waals surface area (Å²) in [5.41, 5.74) is 8.83. The molecular weight excluding hydrogens is 282 g/mol. The Hall–Kier alpha value is -0.340. The van der Waals surface area contributed by atoms with Gasteiger partial charge in [0.25, 0.3) is 0 Å². The third-order valence-corrected chi connectivity index (χ3v) is 9.01. The molecule has 4 aliphatic carbocycles. The van der Waals surface area contributed by atoms with E-state index < -0.39 is 0 Å². The summed E-state index contributed by atoms with van der Waals surface area (Å²) in [7, 11) is 0. The molecule has 3 N–H and O–H groups in total. The summed E-state index contributed by atoms with van der Waals surface area (Å²) in [6.45, 7) is 9.65. The highest BCUT2D eigenvalue weighted by molar-refractivity contribution is 5.31. The van der Waals surface area contributed by atoms with Gasteiger partial charge in [-0.05, 0) is 73.5 Å². The van der Waals surface area contributed by atoms with Gasteiger partial charge in [-0.3, -0.25) is 0 Å². The van der Waals surface area contributed by atoms with E-state index >= 15 is 0 Å². The Morgan fingerprint density at radius 3 is 2.48 bits per heavy atom. The van der Waals surface area contributed by atoms with Gasteiger partial charge < -0.3 is 10.8 Å². The summed E-state index contributed by atoms with van der Waals surface area (Å²) < 4.78 is 0. The van der Waals surface area contributed by atoms with Crippen molar-refractivity contribution in [1.82, 2.24) is 0 Å². The highest BCUT2D eigenvalue weighted by Gasteiger charge is 2.60. The molecule has 0 bridgehead atoms. The van der Waals surface area contributed by atoms with Crippen LogP contribution in [0.5, 0.6) is 0 Å². The van der Waals surface area contributed by atoms with Gasteiger partial charge in [-0.25, -0.2) is 0 Å². The third kappa shape index (κ3) is 1.94. The van der Waals surface area contributed by atoms with Crippen LogP contribution in [-0.2, 0) is 0 Å². The van der Waals surface area contributed by atoms with E-state index in [1.54, 1.807) is 5.57 Å². The molecule has 4 aliphatic rings.